The quantitative estimate of drug-likeness (QED) is 0.322. The van der Waals surface area contributed by atoms with Crippen LogP contribution in [0.15, 0.2) is 58.8 Å². The summed E-state index contributed by atoms with van der Waals surface area (Å²) in [4.78, 5) is 0. The molecule has 0 saturated carbocycles. The molecular weight excluding hydrogens is 436 g/mol. The number of benzene rings is 3. The molecule has 0 spiro atoms. The molecule has 0 aliphatic carbocycles. The minimum absolute atomic E-state index is 0. The molecule has 5 nitrogen and oxygen atoms in total. The zero-order chi connectivity index (χ0) is 21.1. The Kier molecular flexibility index (Phi) is 13.4. The van der Waals surface area contributed by atoms with Gasteiger partial charge in [-0.2, -0.15) is 12.2 Å². The smallest absolute Gasteiger partial charge is 0.222 e. The number of nitrogens with one attached hydrogen (secondary N) is 2. The summed E-state index contributed by atoms with van der Waals surface area (Å²) >= 11 is 0. The van der Waals surface area contributed by atoms with Crippen molar-refractivity contribution in [1.82, 2.24) is 0 Å². The van der Waals surface area contributed by atoms with E-state index in [9.17, 15) is 5.11 Å². The molecule has 0 saturated heterocycles. The number of anilines is 1. The van der Waals surface area contributed by atoms with Gasteiger partial charge in [-0.1, -0.05) is 51.1 Å². The molecule has 0 fully saturated rings. The van der Waals surface area contributed by atoms with E-state index in [-0.39, 0.29) is 38.5 Å². The van der Waals surface area contributed by atoms with Crippen molar-refractivity contribution in [2.24, 2.45) is 10.2 Å². The number of phenols is 1. The molecule has 3 aromatic carbocycles. The molecule has 0 bridgehead atoms. The van der Waals surface area contributed by atoms with Crippen LogP contribution in [0.4, 0.5) is 17.1 Å². The number of phenolic OH excluding ortho intramolecular Hbond substituents is 1. The molecule has 3 aromatic rings. The Morgan fingerprint density at radius 2 is 1.66 bits per heavy atom. The second kappa shape index (κ2) is 14.3. The zero-order valence-corrected chi connectivity index (χ0v) is 20.7. The summed E-state index contributed by atoms with van der Waals surface area (Å²) in [6.45, 7) is 8.02. The molecule has 29 heavy (non-hydrogen) atoms. The molecule has 0 heterocycles. The maximum absolute atomic E-state index is 10.8. The predicted molar refractivity (Wildman–Crippen MR) is 121 cm³/mol. The van der Waals surface area contributed by atoms with Gasteiger partial charge in [-0.05, 0) is 48.1 Å². The average Bonchev–Trinajstić information content (AvgIpc) is 2.75. The Morgan fingerprint density at radius 1 is 1.03 bits per heavy atom. The van der Waals surface area contributed by atoms with Crippen LogP contribution in [0.25, 0.3) is 16.5 Å². The van der Waals surface area contributed by atoms with Crippen LogP contribution in [0.5, 0.6) is 5.75 Å². The summed E-state index contributed by atoms with van der Waals surface area (Å²) in [5.41, 5.74) is 9.60. The van der Waals surface area contributed by atoms with Gasteiger partial charge in [0.2, 0.25) is 7.98 Å². The molecule has 0 atom stereocenters. The van der Waals surface area contributed by atoms with Crippen molar-refractivity contribution in [3.63, 3.8) is 0 Å². The van der Waals surface area contributed by atoms with E-state index in [1.165, 1.54) is 7.05 Å². The maximum atomic E-state index is 10.8. The number of aryl methyl sites for hydroxylation is 1. The second-order valence-corrected chi connectivity index (χ2v) is 5.61. The molecule has 149 valence electrons. The third-order valence-electron chi connectivity index (χ3n) is 4.11. The molecule has 0 aliphatic heterocycles. The van der Waals surface area contributed by atoms with Crippen molar-refractivity contribution < 1.29 is 37.8 Å². The van der Waals surface area contributed by atoms with Crippen LogP contribution in [0.1, 0.15) is 31.9 Å². The van der Waals surface area contributed by atoms with Crippen molar-refractivity contribution in [2.45, 2.75) is 34.1 Å². The average molecular weight is 464 g/mol. The van der Waals surface area contributed by atoms with E-state index in [2.05, 4.69) is 21.5 Å². The van der Waals surface area contributed by atoms with Crippen molar-refractivity contribution in [3.8, 4) is 5.75 Å². The van der Waals surface area contributed by atoms with Crippen molar-refractivity contribution in [2.75, 3.05) is 12.3 Å². The van der Waals surface area contributed by atoms with Gasteiger partial charge < -0.3 is 16.1 Å². The van der Waals surface area contributed by atoms with E-state index < -0.39 is 0 Å². The summed E-state index contributed by atoms with van der Waals surface area (Å²) < 4.78 is 0. The van der Waals surface area contributed by atoms with Gasteiger partial charge in [0, 0.05) is 38.4 Å². The maximum Gasteiger partial charge on any atom is 0.222 e. The summed E-state index contributed by atoms with van der Waals surface area (Å²) in [6.07, 6.45) is 0.739. The van der Waals surface area contributed by atoms with E-state index in [0.29, 0.717) is 16.8 Å². The summed E-state index contributed by atoms with van der Waals surface area (Å²) in [6, 6.07) is 15.3. The van der Waals surface area contributed by atoms with E-state index in [1.807, 2.05) is 70.2 Å². The summed E-state index contributed by atoms with van der Waals surface area (Å²) in [5, 5.41) is 23.6. The zero-order valence-electron chi connectivity index (χ0n) is 17.8. The summed E-state index contributed by atoms with van der Waals surface area (Å²) in [5.74, 6) is 0.242. The molecule has 3 rings (SSSR count). The molecule has 3 radical (unpaired) electrons. The Balaban J connectivity index is 0.00000148. The number of fused-ring (bicyclic) bond motifs is 1. The first kappa shape index (κ1) is 27.2. The molecule has 0 unspecified atom stereocenters. The third-order valence-corrected chi connectivity index (χ3v) is 4.11. The number of aromatic hydroxyl groups is 1. The Labute approximate surface area is 200 Å². The van der Waals surface area contributed by atoms with Crippen LogP contribution in [-0.4, -0.2) is 20.1 Å². The third kappa shape index (κ3) is 6.63. The number of hydrogen-bond acceptors (Lipinski definition) is 4. The van der Waals surface area contributed by atoms with Crippen molar-refractivity contribution in [1.29, 1.82) is 0 Å². The van der Waals surface area contributed by atoms with Crippen molar-refractivity contribution >= 4 is 35.8 Å². The van der Waals surface area contributed by atoms with E-state index in [1.54, 1.807) is 0 Å². The van der Waals surface area contributed by atoms with Gasteiger partial charge in [-0.15, -0.1) is 5.11 Å². The van der Waals surface area contributed by atoms with Crippen LogP contribution in [-0.2, 0) is 39.1 Å². The Morgan fingerprint density at radius 3 is 2.21 bits per heavy atom. The molecule has 0 amide bonds. The van der Waals surface area contributed by atoms with Gasteiger partial charge in [0.25, 0.3) is 0 Å². The SMILES string of the molecule is CC.C[NH-].[B]Nc1ccc2cc(C)c(CC)c(O)c2c1N=Nc1ccccc1.[Y]. The van der Waals surface area contributed by atoms with Crippen LogP contribution < -0.4 is 5.23 Å². The first-order valence-corrected chi connectivity index (χ1v) is 9.37. The van der Waals surface area contributed by atoms with Crippen LogP contribution in [0.3, 0.4) is 0 Å². The van der Waals surface area contributed by atoms with Gasteiger partial charge in [0.15, 0.2) is 0 Å². The number of nitrogens with zero attached hydrogens (tertiary/aromatic N) is 2. The first-order valence-electron chi connectivity index (χ1n) is 9.37. The fourth-order valence-corrected chi connectivity index (χ4v) is 2.90. The minimum Gasteiger partial charge on any atom is -0.680 e. The van der Waals surface area contributed by atoms with Gasteiger partial charge in [-0.25, -0.2) is 0 Å². The first-order chi connectivity index (χ1) is 13.7. The monoisotopic (exact) mass is 464 g/mol. The normalized spacial score (nSPS) is 9.72. The topological polar surface area (TPSA) is 80.8 Å². The second-order valence-electron chi connectivity index (χ2n) is 5.61. The molecular formula is C22H28BN4OY-. The van der Waals surface area contributed by atoms with Crippen molar-refractivity contribution in [3.05, 3.63) is 65.4 Å². The molecule has 7 heteroatoms. The van der Waals surface area contributed by atoms with Gasteiger partial charge >= 0.3 is 0 Å². The van der Waals surface area contributed by atoms with Gasteiger partial charge in [0.1, 0.15) is 11.4 Å². The largest absolute Gasteiger partial charge is 0.680 e. The molecule has 3 N–H and O–H groups in total. The Hall–Kier alpha value is -1.75. The van der Waals surface area contributed by atoms with Crippen LogP contribution >= 0.6 is 0 Å². The van der Waals surface area contributed by atoms with Gasteiger partial charge in [0.05, 0.1) is 11.1 Å². The van der Waals surface area contributed by atoms with Gasteiger partial charge in [-0.3, -0.25) is 0 Å². The number of hydrogen-bond donors (Lipinski definition) is 2. The van der Waals surface area contributed by atoms with E-state index >= 15 is 0 Å². The predicted octanol–water partition coefficient (Wildman–Crippen LogP) is 7.02. The fraction of sp³-hybridized carbons (Fsp3) is 0.273. The van der Waals surface area contributed by atoms with E-state index in [4.69, 9.17) is 13.7 Å². The minimum atomic E-state index is 0. The number of rotatable bonds is 4. The fourth-order valence-electron chi connectivity index (χ4n) is 2.90. The standard InChI is InChI=1S/C19H18BN3O.C2H6.CH4N.Y/c1-3-15-12(2)11-13-9-10-16(21-20)18(17(13)19(15)24)23-22-14-7-5-4-6-8-14;2*1-2;/h4-11,21,24H,3H2,1-2H3;1-2H3;2H,1H3;/q;;-1;. The van der Waals surface area contributed by atoms with Crippen LogP contribution in [0, 0.1) is 6.92 Å². The Bertz CT molecular complexity index is 918. The molecule has 0 aliphatic rings. The van der Waals surface area contributed by atoms with E-state index in [0.717, 1.165) is 28.6 Å². The number of azo groups is 1. The molecule has 0 aromatic heterocycles. The van der Waals surface area contributed by atoms with Crippen LogP contribution in [0.2, 0.25) is 0 Å². The summed E-state index contributed by atoms with van der Waals surface area (Å²) in [7, 11) is 6.88.